The van der Waals surface area contributed by atoms with Gasteiger partial charge in [-0.2, -0.15) is 0 Å². The summed E-state index contributed by atoms with van der Waals surface area (Å²) in [5, 5.41) is 7.88. The van der Waals surface area contributed by atoms with Crippen molar-refractivity contribution in [1.82, 2.24) is 0 Å². The van der Waals surface area contributed by atoms with Crippen LogP contribution in [0.1, 0.15) is 13.3 Å². The third-order valence-electron chi connectivity index (χ3n) is 0.224. The van der Waals surface area contributed by atoms with Crippen LogP contribution in [0, 0.1) is 0 Å². The quantitative estimate of drug-likeness (QED) is 0.460. The second kappa shape index (κ2) is 8.97. The van der Waals surface area contributed by atoms with E-state index < -0.39 is 0 Å². The maximum Gasteiger partial charge on any atom is 0.0428 e. The predicted molar refractivity (Wildman–Crippen MR) is 23.1 cm³/mol. The molecule has 0 spiro atoms. The summed E-state index contributed by atoms with van der Waals surface area (Å²) in [6.45, 7) is 2.25. The first kappa shape index (κ1) is 9.52. The van der Waals surface area contributed by atoms with E-state index in [2.05, 4.69) is 0 Å². The summed E-state index contributed by atoms with van der Waals surface area (Å²) in [7, 11) is 0. The second-order valence-corrected chi connectivity index (χ2v) is 0.724. The molecule has 0 saturated carbocycles. The van der Waals surface area contributed by atoms with Crippen LogP contribution in [0.2, 0.25) is 0 Å². The minimum Gasteiger partial charge on any atom is -0.396 e. The molecule has 0 heterocycles. The van der Waals surface area contributed by atoms with Crippen molar-refractivity contribution < 1.29 is 5.11 Å². The number of hydrogen-bond donors (Lipinski definition) is 1. The first-order valence-electron chi connectivity index (χ1n) is 1.52. The number of aliphatic hydroxyl groups is 1. The van der Waals surface area contributed by atoms with Crippen molar-refractivity contribution in [1.29, 1.82) is 0 Å². The molecular weight excluding hydrogens is 92.1 g/mol. The van der Waals surface area contributed by atoms with E-state index >= 15 is 0 Å². The molecule has 0 unspecified atom stereocenters. The summed E-state index contributed by atoms with van der Waals surface area (Å²) < 4.78 is 0. The van der Waals surface area contributed by atoms with Gasteiger partial charge < -0.3 is 5.11 Å². The minimum absolute atomic E-state index is 0. The van der Waals surface area contributed by atoms with Crippen LogP contribution in [0.15, 0.2) is 0 Å². The SMILES string of the molecule is CCCO.[Ca]. The summed E-state index contributed by atoms with van der Waals surface area (Å²) in [4.78, 5) is 0. The van der Waals surface area contributed by atoms with Gasteiger partial charge in [0.05, 0.1) is 0 Å². The molecule has 0 aromatic rings. The zero-order valence-electron chi connectivity index (χ0n) is 3.57. The molecule has 0 aromatic carbocycles. The van der Waals surface area contributed by atoms with Crippen LogP contribution in [0.4, 0.5) is 0 Å². The molecule has 0 aliphatic heterocycles. The molecule has 28 valence electrons. The minimum atomic E-state index is 0. The average molecular weight is 100 g/mol. The van der Waals surface area contributed by atoms with Gasteiger partial charge in [0.1, 0.15) is 0 Å². The van der Waals surface area contributed by atoms with Crippen LogP contribution in [0.5, 0.6) is 0 Å². The number of aliphatic hydroxyl groups excluding tert-OH is 1. The fraction of sp³-hybridized carbons (Fsp3) is 1.00. The molecule has 0 amide bonds. The van der Waals surface area contributed by atoms with Gasteiger partial charge in [-0.1, -0.05) is 6.92 Å². The number of hydrogen-bond acceptors (Lipinski definition) is 1. The Morgan fingerprint density at radius 2 is 1.80 bits per heavy atom. The molecule has 0 bridgehead atoms. The summed E-state index contributed by atoms with van der Waals surface area (Å²) in [6, 6.07) is 0. The molecule has 0 aliphatic carbocycles. The molecule has 0 atom stereocenters. The van der Waals surface area contributed by atoms with E-state index in [-0.39, 0.29) is 37.7 Å². The molecule has 2 radical (unpaired) electrons. The van der Waals surface area contributed by atoms with E-state index in [1.807, 2.05) is 6.92 Å². The monoisotopic (exact) mass is 100 g/mol. The normalized spacial score (nSPS) is 6.00. The van der Waals surface area contributed by atoms with Gasteiger partial charge in [0.25, 0.3) is 0 Å². The molecule has 1 N–H and O–H groups in total. The third kappa shape index (κ3) is 11.0. The van der Waals surface area contributed by atoms with Crippen molar-refractivity contribution >= 4 is 37.7 Å². The molecule has 0 rings (SSSR count). The van der Waals surface area contributed by atoms with Crippen molar-refractivity contribution in [2.45, 2.75) is 13.3 Å². The Morgan fingerprint density at radius 1 is 1.60 bits per heavy atom. The molecule has 2 heteroatoms. The van der Waals surface area contributed by atoms with Crippen molar-refractivity contribution in [2.75, 3.05) is 6.61 Å². The Labute approximate surface area is 62.4 Å². The Kier molecular flexibility index (Phi) is 17.1. The fourth-order valence-corrected chi connectivity index (χ4v) is 0. The topological polar surface area (TPSA) is 20.2 Å². The molecule has 5 heavy (non-hydrogen) atoms. The van der Waals surface area contributed by atoms with Crippen LogP contribution >= 0.6 is 0 Å². The standard InChI is InChI=1S/C3H8O.Ca/c1-2-3-4;/h4H,2-3H2,1H3;. The smallest absolute Gasteiger partial charge is 0.0428 e. The maximum absolute atomic E-state index is 7.88. The average Bonchev–Trinajstić information content (AvgIpc) is 1.37. The Bertz CT molecular complexity index is 8.85. The Morgan fingerprint density at radius 3 is 1.80 bits per heavy atom. The molecule has 0 saturated heterocycles. The van der Waals surface area contributed by atoms with Crippen LogP contribution in [-0.4, -0.2) is 49.5 Å². The van der Waals surface area contributed by atoms with E-state index in [1.54, 1.807) is 0 Å². The van der Waals surface area contributed by atoms with Crippen LogP contribution in [-0.2, 0) is 0 Å². The van der Waals surface area contributed by atoms with Gasteiger partial charge in [-0.05, 0) is 6.42 Å². The van der Waals surface area contributed by atoms with Crippen molar-refractivity contribution in [3.8, 4) is 0 Å². The van der Waals surface area contributed by atoms with Gasteiger partial charge in [0.2, 0.25) is 0 Å². The van der Waals surface area contributed by atoms with E-state index in [0.29, 0.717) is 6.61 Å². The molecule has 0 aromatic heterocycles. The van der Waals surface area contributed by atoms with Crippen LogP contribution in [0.3, 0.4) is 0 Å². The van der Waals surface area contributed by atoms with Crippen LogP contribution < -0.4 is 0 Å². The zero-order chi connectivity index (χ0) is 3.41. The third-order valence-corrected chi connectivity index (χ3v) is 0.224. The van der Waals surface area contributed by atoms with E-state index in [9.17, 15) is 0 Å². The predicted octanol–water partition coefficient (Wildman–Crippen LogP) is 0.00790. The first-order valence-corrected chi connectivity index (χ1v) is 1.52. The summed E-state index contributed by atoms with van der Waals surface area (Å²) in [5.74, 6) is 0. The van der Waals surface area contributed by atoms with Crippen molar-refractivity contribution in [3.05, 3.63) is 0 Å². The van der Waals surface area contributed by atoms with Gasteiger partial charge in [-0.25, -0.2) is 0 Å². The summed E-state index contributed by atoms with van der Waals surface area (Å²) in [6.07, 6.45) is 0.875. The van der Waals surface area contributed by atoms with Gasteiger partial charge in [-0.3, -0.25) is 0 Å². The molecule has 0 fully saturated rings. The van der Waals surface area contributed by atoms with Gasteiger partial charge >= 0.3 is 0 Å². The van der Waals surface area contributed by atoms with Gasteiger partial charge in [-0.15, -0.1) is 0 Å². The summed E-state index contributed by atoms with van der Waals surface area (Å²) in [5.41, 5.74) is 0. The van der Waals surface area contributed by atoms with E-state index in [1.165, 1.54) is 0 Å². The maximum atomic E-state index is 7.88. The van der Waals surface area contributed by atoms with Gasteiger partial charge in [0, 0.05) is 44.3 Å². The Balaban J connectivity index is 0. The summed E-state index contributed by atoms with van der Waals surface area (Å²) >= 11 is 0. The van der Waals surface area contributed by atoms with Crippen molar-refractivity contribution in [3.63, 3.8) is 0 Å². The zero-order valence-corrected chi connectivity index (χ0v) is 5.78. The first-order chi connectivity index (χ1) is 1.91. The van der Waals surface area contributed by atoms with Crippen LogP contribution in [0.25, 0.3) is 0 Å². The largest absolute Gasteiger partial charge is 0.396 e. The van der Waals surface area contributed by atoms with E-state index in [0.717, 1.165) is 6.42 Å². The fourth-order valence-electron chi connectivity index (χ4n) is 0. The molecule has 0 aliphatic rings. The second-order valence-electron chi connectivity index (χ2n) is 0.724. The molecule has 1 nitrogen and oxygen atoms in total. The number of rotatable bonds is 1. The molecular formula is C3H8CaO. The van der Waals surface area contributed by atoms with E-state index in [4.69, 9.17) is 5.11 Å². The van der Waals surface area contributed by atoms with Crippen molar-refractivity contribution in [2.24, 2.45) is 0 Å². The Hall–Kier alpha value is 1.22. The van der Waals surface area contributed by atoms with Gasteiger partial charge in [0.15, 0.2) is 0 Å².